The third-order valence-corrected chi connectivity index (χ3v) is 4.33. The summed E-state index contributed by atoms with van der Waals surface area (Å²) >= 11 is 0. The highest BCUT2D eigenvalue weighted by atomic mass is 35.7. The lowest BCUT2D eigenvalue weighted by Gasteiger charge is -2.22. The maximum absolute atomic E-state index is 11.4. The monoisotopic (exact) mass is 260 g/mol. The molecular formula is C11H13ClO3S. The summed E-state index contributed by atoms with van der Waals surface area (Å²) in [6, 6.07) is 1.59. The van der Waals surface area contributed by atoms with Gasteiger partial charge >= 0.3 is 0 Å². The van der Waals surface area contributed by atoms with Crippen molar-refractivity contribution in [2.24, 2.45) is 0 Å². The number of hydrogen-bond acceptors (Lipinski definition) is 3. The van der Waals surface area contributed by atoms with Gasteiger partial charge in [-0.05, 0) is 49.4 Å². The molecule has 0 aromatic heterocycles. The molecule has 2 rings (SSSR count). The molecule has 1 aromatic rings. The van der Waals surface area contributed by atoms with Crippen molar-refractivity contribution in [2.75, 3.05) is 6.61 Å². The molecule has 0 saturated heterocycles. The van der Waals surface area contributed by atoms with Gasteiger partial charge in [-0.3, -0.25) is 0 Å². The molecule has 1 aromatic carbocycles. The van der Waals surface area contributed by atoms with E-state index in [1.807, 2.05) is 6.92 Å². The van der Waals surface area contributed by atoms with E-state index >= 15 is 0 Å². The van der Waals surface area contributed by atoms with Gasteiger partial charge in [0.05, 0.1) is 11.5 Å². The molecule has 0 bridgehead atoms. The first-order valence-electron chi connectivity index (χ1n) is 5.12. The highest BCUT2D eigenvalue weighted by Crippen LogP contribution is 2.36. The normalized spacial score (nSPS) is 15.4. The van der Waals surface area contributed by atoms with Crippen LogP contribution in [0.2, 0.25) is 0 Å². The van der Waals surface area contributed by atoms with Crippen LogP contribution in [0.1, 0.15) is 23.1 Å². The Labute approximate surface area is 99.8 Å². The van der Waals surface area contributed by atoms with Crippen LogP contribution in [0.25, 0.3) is 0 Å². The Morgan fingerprint density at radius 1 is 1.38 bits per heavy atom. The van der Waals surface area contributed by atoms with Gasteiger partial charge in [-0.25, -0.2) is 8.42 Å². The summed E-state index contributed by atoms with van der Waals surface area (Å²) < 4.78 is 28.4. The van der Waals surface area contributed by atoms with Crippen molar-refractivity contribution in [1.82, 2.24) is 0 Å². The maximum atomic E-state index is 11.4. The van der Waals surface area contributed by atoms with Crippen LogP contribution in [-0.2, 0) is 15.5 Å². The van der Waals surface area contributed by atoms with Gasteiger partial charge in [-0.1, -0.05) is 0 Å². The fraction of sp³-hybridized carbons (Fsp3) is 0.455. The molecule has 0 atom stereocenters. The van der Waals surface area contributed by atoms with Crippen molar-refractivity contribution in [3.63, 3.8) is 0 Å². The Kier molecular flexibility index (Phi) is 2.88. The molecule has 0 radical (unpaired) electrons. The van der Waals surface area contributed by atoms with E-state index in [-0.39, 0.29) is 4.90 Å². The van der Waals surface area contributed by atoms with Gasteiger partial charge in [-0.15, -0.1) is 0 Å². The van der Waals surface area contributed by atoms with Crippen LogP contribution in [0.5, 0.6) is 5.75 Å². The number of fused-ring (bicyclic) bond motifs is 1. The minimum atomic E-state index is -3.67. The van der Waals surface area contributed by atoms with E-state index < -0.39 is 9.05 Å². The predicted octanol–water partition coefficient (Wildman–Crippen LogP) is 2.56. The summed E-state index contributed by atoms with van der Waals surface area (Å²) in [5.41, 5.74) is 2.53. The molecule has 0 fully saturated rings. The van der Waals surface area contributed by atoms with E-state index in [0.29, 0.717) is 6.61 Å². The van der Waals surface area contributed by atoms with E-state index in [4.69, 9.17) is 15.4 Å². The van der Waals surface area contributed by atoms with Crippen molar-refractivity contribution in [1.29, 1.82) is 0 Å². The smallest absolute Gasteiger partial charge is 0.261 e. The molecule has 1 heterocycles. The van der Waals surface area contributed by atoms with Gasteiger partial charge in [-0.2, -0.15) is 0 Å². The van der Waals surface area contributed by atoms with Crippen LogP contribution in [0.15, 0.2) is 11.0 Å². The van der Waals surface area contributed by atoms with Gasteiger partial charge in [0.15, 0.2) is 0 Å². The summed E-state index contributed by atoms with van der Waals surface area (Å²) in [5.74, 6) is 0.827. The van der Waals surface area contributed by atoms with E-state index in [0.717, 1.165) is 35.3 Å². The van der Waals surface area contributed by atoms with Gasteiger partial charge < -0.3 is 4.74 Å². The highest BCUT2D eigenvalue weighted by molar-refractivity contribution is 8.13. The van der Waals surface area contributed by atoms with Crippen molar-refractivity contribution < 1.29 is 13.2 Å². The molecule has 5 heteroatoms. The van der Waals surface area contributed by atoms with Crippen LogP contribution in [0.4, 0.5) is 0 Å². The number of halogens is 1. The number of ether oxygens (including phenoxy) is 1. The summed E-state index contributed by atoms with van der Waals surface area (Å²) in [4.78, 5) is 0.205. The van der Waals surface area contributed by atoms with Crippen molar-refractivity contribution in [3.05, 3.63) is 22.8 Å². The molecule has 0 unspecified atom stereocenters. The maximum Gasteiger partial charge on any atom is 0.261 e. The van der Waals surface area contributed by atoms with Crippen molar-refractivity contribution >= 4 is 19.7 Å². The van der Waals surface area contributed by atoms with Gasteiger partial charge in [0, 0.05) is 10.7 Å². The summed E-state index contributed by atoms with van der Waals surface area (Å²) in [7, 11) is 1.74. The average Bonchev–Trinajstić information content (AvgIpc) is 2.22. The van der Waals surface area contributed by atoms with Gasteiger partial charge in [0.25, 0.3) is 9.05 Å². The fourth-order valence-electron chi connectivity index (χ4n) is 2.11. The topological polar surface area (TPSA) is 43.4 Å². The van der Waals surface area contributed by atoms with Gasteiger partial charge in [0.2, 0.25) is 0 Å². The largest absolute Gasteiger partial charge is 0.493 e. The average molecular weight is 261 g/mol. The van der Waals surface area contributed by atoms with Crippen LogP contribution in [0, 0.1) is 13.8 Å². The van der Waals surface area contributed by atoms with Crippen LogP contribution >= 0.6 is 10.7 Å². The molecule has 16 heavy (non-hydrogen) atoms. The van der Waals surface area contributed by atoms with E-state index in [2.05, 4.69) is 0 Å². The summed E-state index contributed by atoms with van der Waals surface area (Å²) in [5, 5.41) is 0. The minimum Gasteiger partial charge on any atom is -0.493 e. The molecule has 0 spiro atoms. The Bertz CT molecular complexity index is 535. The molecule has 0 saturated carbocycles. The van der Waals surface area contributed by atoms with E-state index in [1.54, 1.807) is 13.0 Å². The predicted molar refractivity (Wildman–Crippen MR) is 62.8 cm³/mol. The molecular weight excluding hydrogens is 248 g/mol. The number of rotatable bonds is 1. The lowest BCUT2D eigenvalue weighted by atomic mass is 9.98. The van der Waals surface area contributed by atoms with Crippen LogP contribution < -0.4 is 4.74 Å². The Morgan fingerprint density at radius 2 is 2.06 bits per heavy atom. The Hall–Kier alpha value is -0.740. The highest BCUT2D eigenvalue weighted by Gasteiger charge is 2.23. The number of hydrogen-bond donors (Lipinski definition) is 0. The molecule has 0 N–H and O–H groups in total. The SMILES string of the molecule is Cc1cc(S(=O)(=O)Cl)c(C)c2c1OCCC2. The summed E-state index contributed by atoms with van der Waals surface area (Å²) in [6.07, 6.45) is 1.77. The van der Waals surface area contributed by atoms with Crippen molar-refractivity contribution in [2.45, 2.75) is 31.6 Å². The van der Waals surface area contributed by atoms with E-state index in [9.17, 15) is 8.42 Å². The molecule has 88 valence electrons. The second-order valence-corrected chi connectivity index (χ2v) is 6.55. The van der Waals surface area contributed by atoms with Gasteiger partial charge in [0.1, 0.15) is 5.75 Å². The zero-order valence-electron chi connectivity index (χ0n) is 9.21. The number of aryl methyl sites for hydroxylation is 1. The fourth-order valence-corrected chi connectivity index (χ4v) is 3.39. The Balaban J connectivity index is 2.73. The molecule has 1 aliphatic heterocycles. The zero-order valence-corrected chi connectivity index (χ0v) is 10.8. The summed E-state index contributed by atoms with van der Waals surface area (Å²) in [6.45, 7) is 4.32. The second kappa shape index (κ2) is 3.93. The van der Waals surface area contributed by atoms with Crippen LogP contribution in [0.3, 0.4) is 0 Å². The third-order valence-electron chi connectivity index (χ3n) is 2.88. The van der Waals surface area contributed by atoms with Crippen molar-refractivity contribution in [3.8, 4) is 5.75 Å². The second-order valence-electron chi connectivity index (χ2n) is 4.01. The first kappa shape index (κ1) is 11.7. The first-order valence-corrected chi connectivity index (χ1v) is 7.42. The molecule has 0 aliphatic carbocycles. The molecule has 3 nitrogen and oxygen atoms in total. The van der Waals surface area contributed by atoms with Crippen LogP contribution in [-0.4, -0.2) is 15.0 Å². The molecule has 1 aliphatic rings. The minimum absolute atomic E-state index is 0.205. The third kappa shape index (κ3) is 1.92. The zero-order chi connectivity index (χ0) is 11.9. The van der Waals surface area contributed by atoms with E-state index in [1.165, 1.54) is 0 Å². The lowest BCUT2D eigenvalue weighted by Crippen LogP contribution is -2.13. The number of benzene rings is 1. The quantitative estimate of drug-likeness (QED) is 0.729. The molecule has 0 amide bonds. The Morgan fingerprint density at radius 3 is 2.69 bits per heavy atom. The first-order chi connectivity index (χ1) is 7.41. The lowest BCUT2D eigenvalue weighted by molar-refractivity contribution is 0.285. The standard InChI is InChI=1S/C11H13ClO3S/c1-7-6-10(16(12,13)14)8(2)9-4-3-5-15-11(7)9/h6H,3-5H2,1-2H3.